The molecule has 0 spiro atoms. The van der Waals surface area contributed by atoms with Gasteiger partial charge in [-0.3, -0.25) is 4.79 Å². The van der Waals surface area contributed by atoms with Gasteiger partial charge in [-0.25, -0.2) is 34.3 Å². The number of aromatic carboxylic acids is 1. The van der Waals surface area contributed by atoms with Crippen molar-refractivity contribution in [3.63, 3.8) is 0 Å². The van der Waals surface area contributed by atoms with Crippen LogP contribution in [0.3, 0.4) is 0 Å². The molecule has 2 saturated heterocycles. The van der Waals surface area contributed by atoms with Gasteiger partial charge in [-0.15, -0.1) is 0 Å². The number of nitrogens with one attached hydrogen (secondary N) is 5. The molecule has 2 aliphatic rings. The molecule has 0 atom stereocenters. The summed E-state index contributed by atoms with van der Waals surface area (Å²) in [5, 5.41) is 19.5. The Morgan fingerprint density at radius 2 is 0.961 bits per heavy atom. The first-order valence-corrected chi connectivity index (χ1v) is 25.4. The number of hydrogen-bond donors (Lipinski definition) is 6. The van der Waals surface area contributed by atoms with Crippen LogP contribution in [0.15, 0.2) is 122 Å². The second-order valence-corrected chi connectivity index (χ2v) is 20.2. The number of rotatable bonds is 10. The third kappa shape index (κ3) is 15.3. The quantitative estimate of drug-likeness (QED) is 0.0747. The Labute approximate surface area is 446 Å². The molecule has 0 unspecified atom stereocenters. The summed E-state index contributed by atoms with van der Waals surface area (Å²) >= 11 is 0. The molecule has 4 aromatic carbocycles. The van der Waals surface area contributed by atoms with E-state index >= 15 is 0 Å². The Morgan fingerprint density at radius 1 is 0.558 bits per heavy atom. The van der Waals surface area contributed by atoms with Crippen molar-refractivity contribution in [3.05, 3.63) is 144 Å². The summed E-state index contributed by atoms with van der Waals surface area (Å²) in [6.45, 7) is 17.9. The second kappa shape index (κ2) is 24.9. The fraction of sp³-hybridized carbons (Fsp3) is 0.310. The van der Waals surface area contributed by atoms with Crippen molar-refractivity contribution in [1.29, 1.82) is 0 Å². The molecule has 2 aliphatic heterocycles. The summed E-state index contributed by atoms with van der Waals surface area (Å²) in [5.41, 5.74) is 10.1. The number of aromatic nitrogens is 6. The number of H-pyrrole nitrogens is 2. The van der Waals surface area contributed by atoms with Crippen LogP contribution in [-0.2, 0) is 32.0 Å². The van der Waals surface area contributed by atoms with Gasteiger partial charge in [-0.2, -0.15) is 0 Å². The SMILES string of the molecule is C1COCCN1.CC(C)(C)OC(=O)NCc1ccc(-c2ncnc3[nH]c(-c4ccc(C(=O)N5CCOCC5)cc4)cc23)cc1.CC(C)(C)OC(=O)NCc1ccc(-c2ncnc3[nH]c(-c4ccc(C(=O)O)cc4)cc23)cc1. The van der Waals surface area contributed by atoms with Gasteiger partial charge in [0.2, 0.25) is 0 Å². The van der Waals surface area contributed by atoms with Gasteiger partial charge in [0.1, 0.15) is 35.2 Å². The summed E-state index contributed by atoms with van der Waals surface area (Å²) in [6.07, 6.45) is 2.14. The first kappa shape index (κ1) is 54.7. The predicted octanol–water partition coefficient (Wildman–Crippen LogP) is 9.41. The Balaban J connectivity index is 0.000000185. The Hall–Kier alpha value is -8.52. The van der Waals surface area contributed by atoms with Crippen molar-refractivity contribution in [3.8, 4) is 45.0 Å². The first-order valence-electron chi connectivity index (χ1n) is 25.4. The monoisotopic (exact) mass is 1040 g/mol. The van der Waals surface area contributed by atoms with Crippen molar-refractivity contribution in [2.45, 2.75) is 65.8 Å². The number of nitrogens with zero attached hydrogens (tertiary/aromatic N) is 5. The minimum absolute atomic E-state index is 0.0226. The van der Waals surface area contributed by atoms with E-state index in [1.165, 1.54) is 6.33 Å². The molecule has 400 valence electrons. The fourth-order valence-electron chi connectivity index (χ4n) is 8.24. The van der Waals surface area contributed by atoms with Crippen LogP contribution in [0.5, 0.6) is 0 Å². The lowest BCUT2D eigenvalue weighted by molar-refractivity contribution is 0.0302. The van der Waals surface area contributed by atoms with Gasteiger partial charge in [-0.1, -0.05) is 72.8 Å². The molecule has 77 heavy (non-hydrogen) atoms. The lowest BCUT2D eigenvalue weighted by Crippen LogP contribution is -2.40. The minimum atomic E-state index is -0.962. The maximum absolute atomic E-state index is 12.8. The largest absolute Gasteiger partial charge is 0.478 e. The number of aromatic amines is 2. The van der Waals surface area contributed by atoms with Crippen LogP contribution in [0.1, 0.15) is 73.4 Å². The molecular formula is C58H64N10O9. The number of fused-ring (bicyclic) bond motifs is 2. The standard InChI is InChI=1S/C29H31N5O4.C25H24N4O4.C4H9NO/c1-29(2,3)38-28(36)30-17-19-4-6-21(7-5-19)25-23-16-24(33-26(23)32-18-31-25)20-8-10-22(11-9-20)27(35)34-12-14-37-15-13-34;1-25(2,3)33-24(32)26-13-15-4-6-17(7-5-15)21-19-12-20(29-22(19)28-14-27-21)16-8-10-18(11-9-16)23(30)31;1-3-6-4-2-5-1/h4-11,16,18H,12-15,17H2,1-3H3,(H,30,36)(H,31,32,33);4-12,14H,13H2,1-3H3,(H,26,32)(H,30,31)(H,27,28,29);5H,1-4H2. The van der Waals surface area contributed by atoms with Crippen LogP contribution in [-0.4, -0.2) is 128 Å². The summed E-state index contributed by atoms with van der Waals surface area (Å²) in [4.78, 5) is 73.9. The van der Waals surface area contributed by atoms with Crippen LogP contribution in [0, 0.1) is 0 Å². The van der Waals surface area contributed by atoms with Gasteiger partial charge in [0.15, 0.2) is 0 Å². The molecule has 0 saturated carbocycles. The average molecular weight is 1050 g/mol. The highest BCUT2D eigenvalue weighted by molar-refractivity contribution is 5.97. The van der Waals surface area contributed by atoms with Crippen LogP contribution >= 0.6 is 0 Å². The predicted molar refractivity (Wildman–Crippen MR) is 293 cm³/mol. The van der Waals surface area contributed by atoms with Crippen molar-refractivity contribution in [1.82, 2.24) is 50.8 Å². The van der Waals surface area contributed by atoms with E-state index in [2.05, 4.69) is 45.9 Å². The number of amides is 3. The number of hydrogen-bond acceptors (Lipinski definition) is 13. The summed E-state index contributed by atoms with van der Waals surface area (Å²) in [6, 6.07) is 33.9. The zero-order valence-electron chi connectivity index (χ0n) is 44.1. The number of morpholine rings is 2. The second-order valence-electron chi connectivity index (χ2n) is 20.2. The van der Waals surface area contributed by atoms with Gasteiger partial charge in [0.25, 0.3) is 5.91 Å². The third-order valence-corrected chi connectivity index (χ3v) is 12.0. The number of carbonyl (C=O) groups excluding carboxylic acids is 3. The molecule has 0 aliphatic carbocycles. The van der Waals surface area contributed by atoms with Gasteiger partial charge >= 0.3 is 18.2 Å². The average Bonchev–Trinajstić information content (AvgIpc) is 4.09. The smallest absolute Gasteiger partial charge is 0.407 e. The molecule has 3 amide bonds. The highest BCUT2D eigenvalue weighted by atomic mass is 16.6. The van der Waals surface area contributed by atoms with Crippen molar-refractivity contribution in [2.75, 3.05) is 52.6 Å². The van der Waals surface area contributed by atoms with Gasteiger partial charge in [0, 0.05) is 78.1 Å². The third-order valence-electron chi connectivity index (χ3n) is 12.0. The molecule has 0 bridgehead atoms. The van der Waals surface area contributed by atoms with E-state index in [9.17, 15) is 19.2 Å². The molecular weight excluding hydrogens is 981 g/mol. The number of carboxylic acid groups (broad SMARTS) is 1. The van der Waals surface area contributed by atoms with Crippen LogP contribution in [0.25, 0.3) is 67.1 Å². The number of alkyl carbamates (subject to hydrolysis) is 2. The topological polar surface area (TPSA) is 248 Å². The number of benzene rings is 4. The van der Waals surface area contributed by atoms with Gasteiger partial charge in [0.05, 0.1) is 43.4 Å². The van der Waals surface area contributed by atoms with E-state index in [0.717, 1.165) is 98.9 Å². The maximum Gasteiger partial charge on any atom is 0.407 e. The summed E-state index contributed by atoms with van der Waals surface area (Å²) < 4.78 is 20.9. The van der Waals surface area contributed by atoms with E-state index in [0.29, 0.717) is 50.6 Å². The van der Waals surface area contributed by atoms with E-state index in [1.807, 2.05) is 131 Å². The molecule has 2 fully saturated rings. The van der Waals surface area contributed by atoms with Gasteiger partial charge < -0.3 is 54.9 Å². The van der Waals surface area contributed by atoms with Crippen molar-refractivity contribution < 1.29 is 43.2 Å². The van der Waals surface area contributed by atoms with E-state index in [-0.39, 0.29) is 11.5 Å². The van der Waals surface area contributed by atoms with E-state index < -0.39 is 29.4 Å². The highest BCUT2D eigenvalue weighted by Crippen LogP contribution is 2.32. The normalized spacial score (nSPS) is 13.6. The molecule has 8 aromatic rings. The Morgan fingerprint density at radius 3 is 1.34 bits per heavy atom. The zero-order valence-corrected chi connectivity index (χ0v) is 44.1. The van der Waals surface area contributed by atoms with Crippen molar-refractivity contribution >= 4 is 46.1 Å². The first-order chi connectivity index (χ1) is 37.0. The number of carboxylic acids is 1. The Kier molecular flexibility index (Phi) is 17.7. The Bertz CT molecular complexity index is 3270. The molecule has 6 N–H and O–H groups in total. The molecule has 6 heterocycles. The van der Waals surface area contributed by atoms with Crippen LogP contribution < -0.4 is 16.0 Å². The lowest BCUT2D eigenvalue weighted by Gasteiger charge is -2.26. The number of carbonyl (C=O) groups is 4. The van der Waals surface area contributed by atoms with Crippen molar-refractivity contribution in [2.24, 2.45) is 0 Å². The summed E-state index contributed by atoms with van der Waals surface area (Å²) in [7, 11) is 0. The van der Waals surface area contributed by atoms with Gasteiger partial charge in [-0.05, 0) is 100 Å². The maximum atomic E-state index is 12.8. The highest BCUT2D eigenvalue weighted by Gasteiger charge is 2.21. The molecule has 0 radical (unpaired) electrons. The molecule has 19 heteroatoms. The van der Waals surface area contributed by atoms with E-state index in [1.54, 1.807) is 30.6 Å². The summed E-state index contributed by atoms with van der Waals surface area (Å²) in [5.74, 6) is -0.939. The number of ether oxygens (including phenoxy) is 4. The lowest BCUT2D eigenvalue weighted by atomic mass is 10.1. The molecule has 10 rings (SSSR count). The zero-order chi connectivity index (χ0) is 54.5. The molecule has 4 aromatic heterocycles. The van der Waals surface area contributed by atoms with Crippen LogP contribution in [0.4, 0.5) is 9.59 Å². The fourth-order valence-corrected chi connectivity index (χ4v) is 8.24. The minimum Gasteiger partial charge on any atom is -0.478 e. The van der Waals surface area contributed by atoms with Crippen LogP contribution in [0.2, 0.25) is 0 Å². The van der Waals surface area contributed by atoms with E-state index in [4.69, 9.17) is 24.1 Å². The molecule has 19 nitrogen and oxygen atoms in total.